The molecule has 0 N–H and O–H groups in total. The maximum atomic E-state index is 13.9. The maximum absolute atomic E-state index is 13.9. The number of halogens is 3. The molecule has 1 aromatic heterocycles. The summed E-state index contributed by atoms with van der Waals surface area (Å²) in [5.74, 6) is 0.0657. The van der Waals surface area contributed by atoms with Gasteiger partial charge in [0.05, 0.1) is 23.9 Å². The zero-order valence-electron chi connectivity index (χ0n) is 13.5. The molecule has 6 nitrogen and oxygen atoms in total. The highest BCUT2D eigenvalue weighted by Crippen LogP contribution is 2.33. The van der Waals surface area contributed by atoms with Crippen molar-refractivity contribution < 1.29 is 9.13 Å². The van der Waals surface area contributed by atoms with Crippen molar-refractivity contribution in [1.29, 1.82) is 0 Å². The van der Waals surface area contributed by atoms with Crippen molar-refractivity contribution in [3.63, 3.8) is 0 Å². The Bertz CT molecular complexity index is 921. The first-order valence-corrected chi connectivity index (χ1v) is 8.74. The van der Waals surface area contributed by atoms with Crippen molar-refractivity contribution in [3.05, 3.63) is 63.9 Å². The molecule has 1 atom stereocenters. The molecule has 1 fully saturated rings. The molecule has 9 heteroatoms. The second-order valence-electron chi connectivity index (χ2n) is 5.82. The predicted molar refractivity (Wildman–Crippen MR) is 96.5 cm³/mol. The molecular formula is C17H14Cl2FN5O. The highest BCUT2D eigenvalue weighted by molar-refractivity contribution is 6.35. The van der Waals surface area contributed by atoms with E-state index in [1.54, 1.807) is 4.68 Å². The van der Waals surface area contributed by atoms with E-state index in [0.717, 1.165) is 5.69 Å². The van der Waals surface area contributed by atoms with Crippen LogP contribution in [0.5, 0.6) is 0 Å². The first-order valence-electron chi connectivity index (χ1n) is 7.98. The lowest BCUT2D eigenvalue weighted by Gasteiger charge is -2.33. The van der Waals surface area contributed by atoms with Crippen LogP contribution < -0.4 is 4.90 Å². The topological polar surface area (TPSA) is 56.1 Å². The van der Waals surface area contributed by atoms with Crippen LogP contribution in [-0.4, -0.2) is 39.9 Å². The predicted octanol–water partition coefficient (Wildman–Crippen LogP) is 3.69. The Morgan fingerprint density at radius 3 is 2.73 bits per heavy atom. The van der Waals surface area contributed by atoms with Gasteiger partial charge in [0, 0.05) is 17.1 Å². The Labute approximate surface area is 159 Å². The van der Waals surface area contributed by atoms with Crippen LogP contribution in [0.2, 0.25) is 10.0 Å². The zero-order chi connectivity index (χ0) is 18.1. The van der Waals surface area contributed by atoms with Gasteiger partial charge < -0.3 is 9.64 Å². The molecule has 1 aliphatic rings. The van der Waals surface area contributed by atoms with Crippen LogP contribution in [0.25, 0.3) is 5.69 Å². The van der Waals surface area contributed by atoms with Crippen molar-refractivity contribution >= 4 is 29.2 Å². The molecule has 0 saturated carbocycles. The molecule has 1 aliphatic heterocycles. The van der Waals surface area contributed by atoms with Gasteiger partial charge in [-0.1, -0.05) is 46.5 Å². The molecule has 1 saturated heterocycles. The van der Waals surface area contributed by atoms with Crippen LogP contribution in [0.15, 0.2) is 42.5 Å². The zero-order valence-corrected chi connectivity index (χ0v) is 15.0. The van der Waals surface area contributed by atoms with Crippen LogP contribution in [0, 0.1) is 5.82 Å². The fourth-order valence-electron chi connectivity index (χ4n) is 2.92. The van der Waals surface area contributed by atoms with Gasteiger partial charge in [-0.05, 0) is 34.7 Å². The molecule has 26 heavy (non-hydrogen) atoms. The van der Waals surface area contributed by atoms with Gasteiger partial charge in [0.2, 0.25) is 0 Å². The average molecular weight is 394 g/mol. The number of para-hydroxylation sites is 1. The SMILES string of the molecule is Fc1cc(C2CN(c3nnnn3-c3ccccc3)CCO2)c(Cl)cc1Cl. The van der Waals surface area contributed by atoms with Gasteiger partial charge >= 0.3 is 0 Å². The van der Waals surface area contributed by atoms with Crippen molar-refractivity contribution in [2.45, 2.75) is 6.10 Å². The summed E-state index contributed by atoms with van der Waals surface area (Å²) in [5.41, 5.74) is 1.41. The second-order valence-corrected chi connectivity index (χ2v) is 6.63. The van der Waals surface area contributed by atoms with E-state index in [1.807, 2.05) is 35.2 Å². The van der Waals surface area contributed by atoms with E-state index in [4.69, 9.17) is 27.9 Å². The molecule has 0 radical (unpaired) electrons. The monoisotopic (exact) mass is 393 g/mol. The van der Waals surface area contributed by atoms with E-state index in [1.165, 1.54) is 12.1 Å². The number of ether oxygens (including phenoxy) is 1. The Hall–Kier alpha value is -2.22. The summed E-state index contributed by atoms with van der Waals surface area (Å²) in [7, 11) is 0. The van der Waals surface area contributed by atoms with Crippen molar-refractivity contribution in [2.24, 2.45) is 0 Å². The minimum Gasteiger partial charge on any atom is -0.370 e. The molecule has 134 valence electrons. The quantitative estimate of drug-likeness (QED) is 0.635. The number of aromatic nitrogens is 4. The summed E-state index contributed by atoms with van der Waals surface area (Å²) >= 11 is 12.0. The van der Waals surface area contributed by atoms with E-state index in [2.05, 4.69) is 15.5 Å². The molecule has 0 spiro atoms. The van der Waals surface area contributed by atoms with Gasteiger partial charge in [-0.3, -0.25) is 0 Å². The Morgan fingerprint density at radius 2 is 1.92 bits per heavy atom. The lowest BCUT2D eigenvalue weighted by Crippen LogP contribution is -2.40. The molecule has 0 amide bonds. The molecule has 0 aliphatic carbocycles. The first kappa shape index (κ1) is 17.2. The summed E-state index contributed by atoms with van der Waals surface area (Å²) in [6, 6.07) is 12.3. The molecule has 0 bridgehead atoms. The highest BCUT2D eigenvalue weighted by Gasteiger charge is 2.28. The fourth-order valence-corrected chi connectivity index (χ4v) is 3.42. The third kappa shape index (κ3) is 3.25. The van der Waals surface area contributed by atoms with Gasteiger partial charge in [0.15, 0.2) is 0 Å². The summed E-state index contributed by atoms with van der Waals surface area (Å²) in [4.78, 5) is 1.99. The molecule has 1 unspecified atom stereocenters. The van der Waals surface area contributed by atoms with Crippen LogP contribution in [0.3, 0.4) is 0 Å². The fraction of sp³-hybridized carbons (Fsp3) is 0.235. The molecular weight excluding hydrogens is 380 g/mol. The minimum absolute atomic E-state index is 0.0144. The Kier molecular flexibility index (Phi) is 4.76. The van der Waals surface area contributed by atoms with Gasteiger partial charge in [0.25, 0.3) is 5.95 Å². The number of hydrogen-bond donors (Lipinski definition) is 0. The molecule has 2 aromatic carbocycles. The van der Waals surface area contributed by atoms with Crippen LogP contribution in [0.4, 0.5) is 10.3 Å². The highest BCUT2D eigenvalue weighted by atomic mass is 35.5. The number of nitrogens with zero attached hydrogens (tertiary/aromatic N) is 5. The minimum atomic E-state index is -0.527. The van der Waals surface area contributed by atoms with Crippen LogP contribution in [0.1, 0.15) is 11.7 Å². The van der Waals surface area contributed by atoms with Gasteiger partial charge in [-0.25, -0.2) is 4.39 Å². The third-order valence-electron chi connectivity index (χ3n) is 4.19. The third-order valence-corrected chi connectivity index (χ3v) is 4.81. The van der Waals surface area contributed by atoms with E-state index in [9.17, 15) is 4.39 Å². The van der Waals surface area contributed by atoms with Gasteiger partial charge in [-0.15, -0.1) is 0 Å². The summed E-state index contributed by atoms with van der Waals surface area (Å²) < 4.78 is 21.3. The number of benzene rings is 2. The lowest BCUT2D eigenvalue weighted by molar-refractivity contribution is 0.0389. The summed E-state index contributed by atoms with van der Waals surface area (Å²) in [6.45, 7) is 1.48. The number of anilines is 1. The lowest BCUT2D eigenvalue weighted by atomic mass is 10.1. The standard InChI is InChI=1S/C17H14Cl2FN5O/c18-13-9-14(19)15(20)8-12(13)16-10-24(6-7-26-16)17-21-22-23-25(17)11-4-2-1-3-5-11/h1-5,8-9,16H,6-7,10H2. The van der Waals surface area contributed by atoms with Crippen LogP contribution >= 0.6 is 23.2 Å². The van der Waals surface area contributed by atoms with Crippen LogP contribution in [-0.2, 0) is 4.74 Å². The largest absolute Gasteiger partial charge is 0.370 e. The summed E-state index contributed by atoms with van der Waals surface area (Å²) in [6.07, 6.45) is -0.413. The Morgan fingerprint density at radius 1 is 1.12 bits per heavy atom. The molecule has 3 aromatic rings. The smallest absolute Gasteiger partial charge is 0.250 e. The normalized spacial score (nSPS) is 17.5. The van der Waals surface area contributed by atoms with Gasteiger partial charge in [-0.2, -0.15) is 4.68 Å². The van der Waals surface area contributed by atoms with Gasteiger partial charge in [0.1, 0.15) is 11.9 Å². The number of morpholine rings is 1. The number of tetrazole rings is 1. The van der Waals surface area contributed by atoms with Crippen molar-refractivity contribution in [1.82, 2.24) is 20.2 Å². The number of hydrogen-bond acceptors (Lipinski definition) is 5. The van der Waals surface area contributed by atoms with Crippen molar-refractivity contribution in [2.75, 3.05) is 24.6 Å². The second kappa shape index (κ2) is 7.19. The van der Waals surface area contributed by atoms with Crippen molar-refractivity contribution in [3.8, 4) is 5.69 Å². The summed E-state index contributed by atoms with van der Waals surface area (Å²) in [5, 5.41) is 12.4. The van der Waals surface area contributed by atoms with E-state index in [0.29, 0.717) is 36.2 Å². The van der Waals surface area contributed by atoms with E-state index >= 15 is 0 Å². The molecule has 4 rings (SSSR count). The van der Waals surface area contributed by atoms with E-state index in [-0.39, 0.29) is 5.02 Å². The number of rotatable bonds is 3. The first-order chi connectivity index (χ1) is 12.6. The molecule has 2 heterocycles. The van der Waals surface area contributed by atoms with E-state index < -0.39 is 11.9 Å². The maximum Gasteiger partial charge on any atom is 0.250 e. The average Bonchev–Trinajstić information content (AvgIpc) is 3.15. The Balaban J connectivity index is 1.63.